The number of hydrogen-bond donors (Lipinski definition) is 1. The Labute approximate surface area is 82.4 Å². The fourth-order valence-electron chi connectivity index (χ4n) is 0.734. The third-order valence-corrected chi connectivity index (χ3v) is 1.26. The summed E-state index contributed by atoms with van der Waals surface area (Å²) in [6.07, 6.45) is 2.53. The summed E-state index contributed by atoms with van der Waals surface area (Å²) >= 11 is 0. The van der Waals surface area contributed by atoms with Crippen LogP contribution in [0.15, 0.2) is 24.4 Å². The largest absolute Gasteiger partial charge is 1.00 e. The Bertz CT molecular complexity index is 240. The van der Waals surface area contributed by atoms with Gasteiger partial charge < -0.3 is 24.0 Å². The van der Waals surface area contributed by atoms with Gasteiger partial charge in [-0.05, 0) is 6.07 Å². The molecule has 1 heterocycles. The Hall–Kier alpha value is -0.650. The van der Waals surface area contributed by atoms with Crippen molar-refractivity contribution in [1.82, 2.24) is 0 Å². The van der Waals surface area contributed by atoms with E-state index in [1.165, 1.54) is 0 Å². The lowest BCUT2D eigenvalue weighted by Crippen LogP contribution is -3.00. The molecule has 3 nitrogen and oxygen atoms in total. The van der Waals surface area contributed by atoms with E-state index in [1.807, 2.05) is 36.0 Å². The second-order valence-electron chi connectivity index (χ2n) is 1.96. The molecule has 11 heavy (non-hydrogen) atoms. The molecular weight excluding hydrogens is 255 g/mol. The number of halogens is 1. The first-order chi connectivity index (χ1) is 4.84. The molecule has 1 rings (SSSR count). The first kappa shape index (κ1) is 10.3. The van der Waals surface area contributed by atoms with Gasteiger partial charge >= 0.3 is 0 Å². The van der Waals surface area contributed by atoms with Gasteiger partial charge in [0.1, 0.15) is 0 Å². The predicted octanol–water partition coefficient (Wildman–Crippen LogP) is -2.92. The maximum Gasteiger partial charge on any atom is 0.295 e. The standard InChI is InChI=1S/C7H8N2O.HI/c1-9-5-3-2-4-7(9)8-6-10;/h2-6H,1H3;1H. The molecule has 0 fully saturated rings. The zero-order chi connectivity index (χ0) is 7.40. The van der Waals surface area contributed by atoms with E-state index in [0.717, 1.165) is 5.82 Å². The number of rotatable bonds is 2. The molecule has 1 amide bonds. The van der Waals surface area contributed by atoms with E-state index in [1.54, 1.807) is 0 Å². The second kappa shape index (κ2) is 5.06. The van der Waals surface area contributed by atoms with Crippen molar-refractivity contribution < 1.29 is 33.3 Å². The molecular formula is C7H9IN2O. The summed E-state index contributed by atoms with van der Waals surface area (Å²) in [5.41, 5.74) is 0. The van der Waals surface area contributed by atoms with Gasteiger partial charge in [0.15, 0.2) is 0 Å². The Balaban J connectivity index is 0.000001000. The molecule has 0 aliphatic rings. The molecule has 0 saturated carbocycles. The highest BCUT2D eigenvalue weighted by atomic mass is 127. The molecule has 0 unspecified atom stereocenters. The van der Waals surface area contributed by atoms with E-state index in [9.17, 15) is 4.79 Å². The van der Waals surface area contributed by atoms with Crippen LogP contribution in [0, 0.1) is 0 Å². The lowest BCUT2D eigenvalue weighted by atomic mass is 10.4. The van der Waals surface area contributed by atoms with Crippen molar-refractivity contribution in [3.63, 3.8) is 0 Å². The molecule has 0 atom stereocenters. The van der Waals surface area contributed by atoms with Gasteiger partial charge in [-0.2, -0.15) is 0 Å². The molecule has 0 saturated heterocycles. The van der Waals surface area contributed by atoms with E-state index in [0.29, 0.717) is 6.41 Å². The number of aromatic nitrogens is 1. The average Bonchev–Trinajstić information content (AvgIpc) is 1.94. The second-order valence-corrected chi connectivity index (χ2v) is 1.96. The van der Waals surface area contributed by atoms with Crippen molar-refractivity contribution in [2.24, 2.45) is 7.05 Å². The summed E-state index contributed by atoms with van der Waals surface area (Å²) in [5, 5.41) is 2.56. The van der Waals surface area contributed by atoms with E-state index >= 15 is 0 Å². The van der Waals surface area contributed by atoms with Gasteiger partial charge in [-0.3, -0.25) is 4.79 Å². The maximum absolute atomic E-state index is 10.0. The number of amides is 1. The Morgan fingerprint density at radius 2 is 2.27 bits per heavy atom. The van der Waals surface area contributed by atoms with Crippen LogP contribution < -0.4 is 33.9 Å². The fourth-order valence-corrected chi connectivity index (χ4v) is 0.734. The Morgan fingerprint density at radius 1 is 1.55 bits per heavy atom. The van der Waals surface area contributed by atoms with Gasteiger partial charge in [-0.15, -0.1) is 0 Å². The molecule has 1 aromatic rings. The van der Waals surface area contributed by atoms with Crippen LogP contribution in [0.3, 0.4) is 0 Å². The number of aryl methyl sites for hydroxylation is 1. The smallest absolute Gasteiger partial charge is 0.295 e. The van der Waals surface area contributed by atoms with Crippen LogP contribution in [0.25, 0.3) is 0 Å². The topological polar surface area (TPSA) is 33.0 Å². The monoisotopic (exact) mass is 264 g/mol. The van der Waals surface area contributed by atoms with Crippen molar-refractivity contribution in [3.8, 4) is 0 Å². The predicted molar refractivity (Wildman–Crippen MR) is 37.3 cm³/mol. The molecule has 1 N–H and O–H groups in total. The number of hydrogen-bond acceptors (Lipinski definition) is 1. The van der Waals surface area contributed by atoms with Crippen LogP contribution in [0.4, 0.5) is 5.82 Å². The highest BCUT2D eigenvalue weighted by Gasteiger charge is 1.98. The number of nitrogens with one attached hydrogen (secondary N) is 1. The SMILES string of the molecule is C[n+]1ccccc1NC=O.[I-]. The van der Waals surface area contributed by atoms with Gasteiger partial charge in [0, 0.05) is 6.07 Å². The molecule has 0 aliphatic heterocycles. The summed E-state index contributed by atoms with van der Waals surface area (Å²) in [6, 6.07) is 5.59. The van der Waals surface area contributed by atoms with Crippen molar-refractivity contribution in [2.75, 3.05) is 5.32 Å². The normalized spacial score (nSPS) is 8.09. The van der Waals surface area contributed by atoms with E-state index in [4.69, 9.17) is 0 Å². The van der Waals surface area contributed by atoms with Crippen LogP contribution in [-0.2, 0) is 11.8 Å². The molecule has 4 heteroatoms. The molecule has 0 radical (unpaired) electrons. The highest BCUT2D eigenvalue weighted by molar-refractivity contribution is 5.66. The summed E-state index contributed by atoms with van der Waals surface area (Å²) in [6.45, 7) is 0. The zero-order valence-corrected chi connectivity index (χ0v) is 8.28. The highest BCUT2D eigenvalue weighted by Crippen LogP contribution is 1.93. The van der Waals surface area contributed by atoms with Crippen molar-refractivity contribution in [1.29, 1.82) is 0 Å². The number of anilines is 1. The fraction of sp³-hybridized carbons (Fsp3) is 0.143. The molecule has 0 aromatic carbocycles. The van der Waals surface area contributed by atoms with Crippen LogP contribution in [0.2, 0.25) is 0 Å². The number of carbonyl (C=O) groups is 1. The minimum atomic E-state index is 0. The first-order valence-electron chi connectivity index (χ1n) is 2.99. The van der Waals surface area contributed by atoms with Crippen LogP contribution in [0.1, 0.15) is 0 Å². The van der Waals surface area contributed by atoms with Gasteiger partial charge in [-0.1, -0.05) is 6.07 Å². The van der Waals surface area contributed by atoms with Crippen molar-refractivity contribution >= 4 is 12.2 Å². The summed E-state index contributed by atoms with van der Waals surface area (Å²) in [7, 11) is 1.87. The average molecular weight is 264 g/mol. The molecule has 60 valence electrons. The van der Waals surface area contributed by atoms with Gasteiger partial charge in [0.25, 0.3) is 12.2 Å². The maximum atomic E-state index is 10.0. The molecule has 0 spiro atoms. The summed E-state index contributed by atoms with van der Waals surface area (Å²) < 4.78 is 1.83. The van der Waals surface area contributed by atoms with Crippen LogP contribution in [0.5, 0.6) is 0 Å². The van der Waals surface area contributed by atoms with E-state index in [-0.39, 0.29) is 24.0 Å². The summed E-state index contributed by atoms with van der Waals surface area (Å²) in [5.74, 6) is 0.789. The van der Waals surface area contributed by atoms with Crippen molar-refractivity contribution in [3.05, 3.63) is 24.4 Å². The molecule has 0 aliphatic carbocycles. The molecule has 0 bridgehead atoms. The Morgan fingerprint density at radius 3 is 2.82 bits per heavy atom. The van der Waals surface area contributed by atoms with Gasteiger partial charge in [0.2, 0.25) is 0 Å². The van der Waals surface area contributed by atoms with Crippen LogP contribution >= 0.6 is 0 Å². The summed E-state index contributed by atoms with van der Waals surface area (Å²) in [4.78, 5) is 10.0. The third kappa shape index (κ3) is 2.83. The quantitative estimate of drug-likeness (QED) is 0.346. The van der Waals surface area contributed by atoms with Crippen LogP contribution in [-0.4, -0.2) is 6.41 Å². The van der Waals surface area contributed by atoms with Gasteiger partial charge in [-0.25, -0.2) is 9.88 Å². The Kier molecular flexibility index (Phi) is 4.76. The first-order valence-corrected chi connectivity index (χ1v) is 2.99. The minimum absolute atomic E-state index is 0. The van der Waals surface area contributed by atoms with Gasteiger partial charge in [0.05, 0.1) is 13.2 Å². The number of nitrogens with zero attached hydrogens (tertiary/aromatic N) is 1. The van der Waals surface area contributed by atoms with Crippen molar-refractivity contribution in [2.45, 2.75) is 0 Å². The minimum Gasteiger partial charge on any atom is -1.00 e. The number of carbonyl (C=O) groups excluding carboxylic acids is 1. The lowest BCUT2D eigenvalue weighted by molar-refractivity contribution is -0.656. The van der Waals surface area contributed by atoms with E-state index in [2.05, 4.69) is 5.32 Å². The van der Waals surface area contributed by atoms with E-state index < -0.39 is 0 Å². The number of pyridine rings is 1. The zero-order valence-electron chi connectivity index (χ0n) is 6.12. The lowest BCUT2D eigenvalue weighted by Gasteiger charge is -1.94. The molecule has 1 aromatic heterocycles. The third-order valence-electron chi connectivity index (χ3n) is 1.26.